The van der Waals surface area contributed by atoms with Gasteiger partial charge in [0, 0.05) is 14.2 Å². The van der Waals surface area contributed by atoms with Gasteiger partial charge in [-0.1, -0.05) is 0 Å². The summed E-state index contributed by atoms with van der Waals surface area (Å²) in [6.07, 6.45) is 2.78. The van der Waals surface area contributed by atoms with E-state index in [-0.39, 0.29) is 0 Å². The maximum Gasteiger partial charge on any atom is 0.0351 e. The van der Waals surface area contributed by atoms with Gasteiger partial charge >= 0.3 is 0 Å². The quantitative estimate of drug-likeness (QED) is 0.502. The van der Waals surface area contributed by atoms with Gasteiger partial charge in [0.2, 0.25) is 0 Å². The van der Waals surface area contributed by atoms with Gasteiger partial charge in [0.25, 0.3) is 0 Å². The van der Waals surface area contributed by atoms with E-state index in [4.69, 9.17) is 0 Å². The summed E-state index contributed by atoms with van der Waals surface area (Å²) in [5.74, 6) is 0. The van der Waals surface area contributed by atoms with Gasteiger partial charge in [0.1, 0.15) is 0 Å². The first-order chi connectivity index (χ1) is 3.91. The predicted molar refractivity (Wildman–Crippen MR) is 35.0 cm³/mol. The van der Waals surface area contributed by atoms with E-state index in [1.54, 1.807) is 14.2 Å². The first-order valence-corrected chi connectivity index (χ1v) is 3.02. The van der Waals surface area contributed by atoms with Crippen molar-refractivity contribution in [1.82, 2.24) is 5.32 Å². The number of rotatable bonds is 0. The molecular formula is C6H15NO. The minimum atomic E-state index is 1.25. The molecule has 1 aliphatic heterocycles. The van der Waals surface area contributed by atoms with Crippen LogP contribution in [-0.4, -0.2) is 27.3 Å². The number of hydrogen-bond acceptors (Lipinski definition) is 2. The van der Waals surface area contributed by atoms with Gasteiger partial charge in [0.15, 0.2) is 0 Å². The molecule has 1 saturated heterocycles. The fourth-order valence-corrected chi connectivity index (χ4v) is 0.625. The van der Waals surface area contributed by atoms with Gasteiger partial charge in [0.05, 0.1) is 0 Å². The van der Waals surface area contributed by atoms with Crippen LogP contribution in [-0.2, 0) is 4.74 Å². The van der Waals surface area contributed by atoms with E-state index in [1.807, 2.05) is 0 Å². The molecule has 0 aliphatic carbocycles. The van der Waals surface area contributed by atoms with Crippen molar-refractivity contribution in [2.75, 3.05) is 27.3 Å². The summed E-state index contributed by atoms with van der Waals surface area (Å²) < 4.78 is 4.25. The fourth-order valence-electron chi connectivity index (χ4n) is 0.625. The summed E-state index contributed by atoms with van der Waals surface area (Å²) in [5, 5.41) is 3.22. The van der Waals surface area contributed by atoms with Crippen molar-refractivity contribution in [2.45, 2.75) is 12.8 Å². The van der Waals surface area contributed by atoms with Crippen LogP contribution in [0.4, 0.5) is 0 Å². The van der Waals surface area contributed by atoms with E-state index >= 15 is 0 Å². The zero-order valence-electron chi connectivity index (χ0n) is 5.74. The van der Waals surface area contributed by atoms with Crippen LogP contribution < -0.4 is 5.32 Å². The Morgan fingerprint density at radius 1 is 1.12 bits per heavy atom. The lowest BCUT2D eigenvalue weighted by molar-refractivity contribution is 0.277. The van der Waals surface area contributed by atoms with E-state index < -0.39 is 0 Å². The Balaban J connectivity index is 0.000000145. The van der Waals surface area contributed by atoms with E-state index in [1.165, 1.54) is 25.9 Å². The molecule has 8 heavy (non-hydrogen) atoms. The minimum Gasteiger partial charge on any atom is -0.388 e. The number of ether oxygens (including phenoxy) is 1. The molecule has 0 amide bonds. The van der Waals surface area contributed by atoms with E-state index in [2.05, 4.69) is 10.1 Å². The molecule has 0 radical (unpaired) electrons. The molecule has 0 atom stereocenters. The molecule has 50 valence electrons. The standard InChI is InChI=1S/C4H9N.C2H6O/c1-2-4-5-3-1;1-3-2/h5H,1-4H2;1-2H3. The normalized spacial score (nSPS) is 17.2. The van der Waals surface area contributed by atoms with Crippen LogP contribution in [0.1, 0.15) is 12.8 Å². The third-order valence-electron chi connectivity index (χ3n) is 0.957. The SMILES string of the molecule is C1CCNC1.COC. The molecule has 1 fully saturated rings. The van der Waals surface area contributed by atoms with Crippen LogP contribution in [0.2, 0.25) is 0 Å². The van der Waals surface area contributed by atoms with Gasteiger partial charge in [-0.2, -0.15) is 0 Å². The third kappa shape index (κ3) is 5.92. The van der Waals surface area contributed by atoms with Gasteiger partial charge in [-0.3, -0.25) is 0 Å². The first kappa shape index (κ1) is 7.92. The monoisotopic (exact) mass is 117 g/mol. The Morgan fingerprint density at radius 3 is 1.62 bits per heavy atom. The molecule has 0 bridgehead atoms. The zero-order valence-corrected chi connectivity index (χ0v) is 5.74. The smallest absolute Gasteiger partial charge is 0.0351 e. The Morgan fingerprint density at radius 2 is 1.50 bits per heavy atom. The van der Waals surface area contributed by atoms with Gasteiger partial charge in [-0.15, -0.1) is 0 Å². The molecule has 0 saturated carbocycles. The molecule has 1 N–H and O–H groups in total. The van der Waals surface area contributed by atoms with E-state index in [0.29, 0.717) is 0 Å². The Kier molecular flexibility index (Phi) is 6.85. The lowest BCUT2D eigenvalue weighted by atomic mass is 10.4. The molecule has 1 heterocycles. The Labute approximate surface area is 51.2 Å². The highest BCUT2D eigenvalue weighted by atomic mass is 16.4. The summed E-state index contributed by atoms with van der Waals surface area (Å²) >= 11 is 0. The van der Waals surface area contributed by atoms with Crippen molar-refractivity contribution in [3.63, 3.8) is 0 Å². The van der Waals surface area contributed by atoms with Crippen LogP contribution in [0.15, 0.2) is 0 Å². The molecule has 2 heteroatoms. The van der Waals surface area contributed by atoms with Crippen molar-refractivity contribution >= 4 is 0 Å². The van der Waals surface area contributed by atoms with Crippen LogP contribution in [0.25, 0.3) is 0 Å². The average molecular weight is 117 g/mol. The Bertz CT molecular complexity index is 27.9. The molecule has 1 aliphatic rings. The summed E-state index contributed by atoms with van der Waals surface area (Å²) in [5.41, 5.74) is 0. The lowest BCUT2D eigenvalue weighted by Gasteiger charge is -1.76. The fraction of sp³-hybridized carbons (Fsp3) is 1.00. The van der Waals surface area contributed by atoms with Crippen molar-refractivity contribution in [3.8, 4) is 0 Å². The van der Waals surface area contributed by atoms with Gasteiger partial charge in [-0.05, 0) is 25.9 Å². The van der Waals surface area contributed by atoms with Gasteiger partial charge < -0.3 is 10.1 Å². The average Bonchev–Trinajstić information content (AvgIpc) is 2.17. The molecule has 0 aromatic carbocycles. The van der Waals surface area contributed by atoms with Gasteiger partial charge in [-0.25, -0.2) is 0 Å². The minimum absolute atomic E-state index is 1.25. The van der Waals surface area contributed by atoms with Crippen molar-refractivity contribution < 1.29 is 4.74 Å². The summed E-state index contributed by atoms with van der Waals surface area (Å²) in [6, 6.07) is 0. The number of methoxy groups -OCH3 is 1. The van der Waals surface area contributed by atoms with Crippen LogP contribution in [0.5, 0.6) is 0 Å². The van der Waals surface area contributed by atoms with Crippen LogP contribution in [0, 0.1) is 0 Å². The molecule has 0 unspecified atom stereocenters. The van der Waals surface area contributed by atoms with Crippen LogP contribution >= 0.6 is 0 Å². The van der Waals surface area contributed by atoms with E-state index in [9.17, 15) is 0 Å². The van der Waals surface area contributed by atoms with Crippen LogP contribution in [0.3, 0.4) is 0 Å². The molecule has 0 aromatic rings. The highest BCUT2D eigenvalue weighted by Gasteiger charge is 1.93. The largest absolute Gasteiger partial charge is 0.388 e. The number of nitrogens with one attached hydrogen (secondary N) is 1. The second-order valence-electron chi connectivity index (χ2n) is 1.87. The molecule has 2 nitrogen and oxygen atoms in total. The topological polar surface area (TPSA) is 21.3 Å². The highest BCUT2D eigenvalue weighted by Crippen LogP contribution is 1.90. The van der Waals surface area contributed by atoms with Crippen molar-refractivity contribution in [1.29, 1.82) is 0 Å². The molecular weight excluding hydrogens is 102 g/mol. The molecule has 0 aromatic heterocycles. The predicted octanol–water partition coefficient (Wildman–Crippen LogP) is 0.632. The third-order valence-corrected chi connectivity index (χ3v) is 0.957. The Hall–Kier alpha value is -0.0800. The highest BCUT2D eigenvalue weighted by molar-refractivity contribution is 4.55. The summed E-state index contributed by atoms with van der Waals surface area (Å²) in [6.45, 7) is 2.50. The summed E-state index contributed by atoms with van der Waals surface area (Å²) in [7, 11) is 3.25. The second kappa shape index (κ2) is 6.92. The van der Waals surface area contributed by atoms with Crippen molar-refractivity contribution in [3.05, 3.63) is 0 Å². The molecule has 1 rings (SSSR count). The maximum atomic E-state index is 4.25. The van der Waals surface area contributed by atoms with E-state index in [0.717, 1.165) is 0 Å². The lowest BCUT2D eigenvalue weighted by Crippen LogP contribution is -2.03. The van der Waals surface area contributed by atoms with Crippen molar-refractivity contribution in [2.24, 2.45) is 0 Å². The number of hydrogen-bond donors (Lipinski definition) is 1. The zero-order chi connectivity index (χ0) is 6.24. The maximum absolute atomic E-state index is 4.25. The second-order valence-corrected chi connectivity index (χ2v) is 1.87. The molecule has 0 spiro atoms. The summed E-state index contributed by atoms with van der Waals surface area (Å²) in [4.78, 5) is 0. The first-order valence-electron chi connectivity index (χ1n) is 3.02.